The van der Waals surface area contributed by atoms with Gasteiger partial charge in [-0.05, 0) is 63.8 Å². The molecule has 0 heterocycles. The number of carboxylic acid groups (broad SMARTS) is 1. The first kappa shape index (κ1) is 36.3. The van der Waals surface area contributed by atoms with E-state index in [2.05, 4.69) is 25.9 Å². The zero-order valence-electron chi connectivity index (χ0n) is 23.6. The molecule has 16 N–H and O–H groups in total. The van der Waals surface area contributed by atoms with E-state index >= 15 is 0 Å². The Balaban J connectivity index is 5.45. The van der Waals surface area contributed by atoms with E-state index in [-0.39, 0.29) is 50.1 Å². The molecule has 3 amide bonds. The summed E-state index contributed by atoms with van der Waals surface area (Å²) in [6.45, 7) is 4.64. The van der Waals surface area contributed by atoms with Crippen molar-refractivity contribution in [2.75, 3.05) is 19.6 Å². The highest BCUT2D eigenvalue weighted by molar-refractivity contribution is 5.94. The summed E-state index contributed by atoms with van der Waals surface area (Å²) in [6.07, 6.45) is 2.84. The lowest BCUT2D eigenvalue weighted by molar-refractivity contribution is -0.142. The van der Waals surface area contributed by atoms with Crippen LogP contribution >= 0.6 is 0 Å². The Labute approximate surface area is 235 Å². The fraction of sp³-hybridized carbons (Fsp3) is 0.750. The number of nitrogens with zero attached hydrogens (tertiary/aromatic N) is 2. The van der Waals surface area contributed by atoms with Crippen molar-refractivity contribution in [1.29, 1.82) is 0 Å². The van der Waals surface area contributed by atoms with Crippen LogP contribution < -0.4 is 50.4 Å². The first-order valence-corrected chi connectivity index (χ1v) is 13.5. The molecular formula is C24H49N11O5. The Morgan fingerprint density at radius 2 is 1.18 bits per heavy atom. The third-order valence-corrected chi connectivity index (χ3v) is 5.78. The van der Waals surface area contributed by atoms with Crippen LogP contribution in [0.1, 0.15) is 65.2 Å². The summed E-state index contributed by atoms with van der Waals surface area (Å²) in [5.41, 5.74) is 32.7. The maximum atomic E-state index is 13.2. The van der Waals surface area contributed by atoms with Crippen molar-refractivity contribution in [3.05, 3.63) is 0 Å². The van der Waals surface area contributed by atoms with Crippen LogP contribution in [0.25, 0.3) is 0 Å². The number of rotatable bonds is 21. The average Bonchev–Trinajstić information content (AvgIpc) is 2.86. The molecule has 16 nitrogen and oxygen atoms in total. The molecule has 0 aromatic rings. The Hall–Kier alpha value is -3.66. The quantitative estimate of drug-likeness (QED) is 0.0379. The van der Waals surface area contributed by atoms with Gasteiger partial charge in [-0.3, -0.25) is 24.4 Å². The number of guanidine groups is 2. The molecule has 0 aromatic heterocycles. The molecule has 0 radical (unpaired) electrons. The van der Waals surface area contributed by atoms with Crippen molar-refractivity contribution in [3.8, 4) is 0 Å². The van der Waals surface area contributed by atoms with Gasteiger partial charge in [0, 0.05) is 13.1 Å². The first-order valence-electron chi connectivity index (χ1n) is 13.5. The van der Waals surface area contributed by atoms with Gasteiger partial charge >= 0.3 is 5.97 Å². The molecule has 0 saturated carbocycles. The largest absolute Gasteiger partial charge is 0.480 e. The van der Waals surface area contributed by atoms with E-state index in [1.54, 1.807) is 0 Å². The minimum atomic E-state index is -1.23. The molecule has 40 heavy (non-hydrogen) atoms. The zero-order chi connectivity index (χ0) is 30.7. The number of carbonyl (C=O) groups excluding carboxylic acids is 3. The van der Waals surface area contributed by atoms with Gasteiger partial charge in [-0.15, -0.1) is 0 Å². The number of aliphatic imine (C=N–C) groups is 2. The Morgan fingerprint density at radius 3 is 1.68 bits per heavy atom. The van der Waals surface area contributed by atoms with Gasteiger partial charge in [0.25, 0.3) is 0 Å². The topological polar surface area (TPSA) is 305 Å². The normalized spacial score (nSPS) is 13.8. The van der Waals surface area contributed by atoms with E-state index in [0.717, 1.165) is 0 Å². The Bertz CT molecular complexity index is 858. The number of carboxylic acids is 1. The summed E-state index contributed by atoms with van der Waals surface area (Å²) in [7, 11) is 0. The zero-order valence-corrected chi connectivity index (χ0v) is 23.6. The molecule has 0 aromatic carbocycles. The number of nitrogens with one attached hydrogen (secondary N) is 3. The number of aliphatic carboxylic acids is 1. The van der Waals surface area contributed by atoms with Gasteiger partial charge in [-0.1, -0.05) is 13.8 Å². The fourth-order valence-corrected chi connectivity index (χ4v) is 3.70. The average molecular weight is 572 g/mol. The van der Waals surface area contributed by atoms with E-state index in [1.807, 2.05) is 13.8 Å². The number of hydrogen-bond acceptors (Lipinski definition) is 8. The Morgan fingerprint density at radius 1 is 0.700 bits per heavy atom. The summed E-state index contributed by atoms with van der Waals surface area (Å²) in [4.78, 5) is 58.4. The standard InChI is InChI=1S/C24H49N11O5/c1-14(2)13-18(21(38)34-17(22(39)40)9-6-12-32-24(29)30)35-20(37)16(8-3-4-10-25)33-19(36)15(26)7-5-11-31-23(27)28/h14-18H,3-13,25-26H2,1-2H3,(H,33,36)(H,34,38)(H,35,37)(H,39,40)(H4,27,28,31)(H4,29,30,32). The number of amides is 3. The molecule has 230 valence electrons. The minimum Gasteiger partial charge on any atom is -0.480 e. The third-order valence-electron chi connectivity index (χ3n) is 5.78. The van der Waals surface area contributed by atoms with Crippen LogP contribution in [0.3, 0.4) is 0 Å². The molecule has 0 bridgehead atoms. The van der Waals surface area contributed by atoms with Crippen LogP contribution in [0, 0.1) is 5.92 Å². The van der Waals surface area contributed by atoms with Gasteiger partial charge in [0.05, 0.1) is 6.04 Å². The second-order valence-electron chi connectivity index (χ2n) is 9.94. The summed E-state index contributed by atoms with van der Waals surface area (Å²) in [5, 5.41) is 17.4. The smallest absolute Gasteiger partial charge is 0.326 e. The van der Waals surface area contributed by atoms with Gasteiger partial charge in [0.1, 0.15) is 18.1 Å². The lowest BCUT2D eigenvalue weighted by atomic mass is 10.0. The predicted molar refractivity (Wildman–Crippen MR) is 154 cm³/mol. The summed E-state index contributed by atoms with van der Waals surface area (Å²) in [6, 6.07) is -4.11. The van der Waals surface area contributed by atoms with Crippen molar-refractivity contribution in [1.82, 2.24) is 16.0 Å². The number of carbonyl (C=O) groups is 4. The highest BCUT2D eigenvalue weighted by Crippen LogP contribution is 2.09. The van der Waals surface area contributed by atoms with Crippen molar-refractivity contribution in [2.45, 2.75) is 89.4 Å². The maximum Gasteiger partial charge on any atom is 0.326 e. The van der Waals surface area contributed by atoms with Crippen molar-refractivity contribution < 1.29 is 24.3 Å². The van der Waals surface area contributed by atoms with Crippen LogP contribution in [0.5, 0.6) is 0 Å². The summed E-state index contributed by atoms with van der Waals surface area (Å²) < 4.78 is 0. The van der Waals surface area contributed by atoms with Gasteiger partial charge in [0.2, 0.25) is 17.7 Å². The molecule has 16 heteroatoms. The first-order chi connectivity index (χ1) is 18.8. The van der Waals surface area contributed by atoms with Gasteiger partial charge < -0.3 is 55.5 Å². The molecule has 0 aliphatic carbocycles. The lowest BCUT2D eigenvalue weighted by Gasteiger charge is -2.26. The highest BCUT2D eigenvalue weighted by Gasteiger charge is 2.30. The molecule has 0 aliphatic rings. The van der Waals surface area contributed by atoms with Crippen LogP contribution in [-0.4, -0.2) is 84.5 Å². The molecule has 0 aliphatic heterocycles. The third kappa shape index (κ3) is 17.0. The molecule has 0 spiro atoms. The molecule has 0 fully saturated rings. The van der Waals surface area contributed by atoms with E-state index in [0.29, 0.717) is 38.8 Å². The number of hydrogen-bond donors (Lipinski definition) is 10. The van der Waals surface area contributed by atoms with Crippen LogP contribution in [-0.2, 0) is 19.2 Å². The fourth-order valence-electron chi connectivity index (χ4n) is 3.70. The van der Waals surface area contributed by atoms with Crippen molar-refractivity contribution in [3.63, 3.8) is 0 Å². The number of unbranched alkanes of at least 4 members (excludes halogenated alkanes) is 1. The van der Waals surface area contributed by atoms with Crippen LogP contribution in [0.4, 0.5) is 0 Å². The van der Waals surface area contributed by atoms with E-state index < -0.39 is 47.9 Å². The van der Waals surface area contributed by atoms with Gasteiger partial charge in [-0.25, -0.2) is 4.79 Å². The SMILES string of the molecule is CC(C)CC(NC(=O)C(CCCCN)NC(=O)C(N)CCCN=C(N)N)C(=O)NC(CCCN=C(N)N)C(=O)O. The van der Waals surface area contributed by atoms with E-state index in [4.69, 9.17) is 34.4 Å². The lowest BCUT2D eigenvalue weighted by Crippen LogP contribution is -2.57. The number of nitrogens with two attached hydrogens (primary N) is 6. The highest BCUT2D eigenvalue weighted by atomic mass is 16.4. The van der Waals surface area contributed by atoms with Crippen LogP contribution in [0.15, 0.2) is 9.98 Å². The van der Waals surface area contributed by atoms with Gasteiger partial charge in [0.15, 0.2) is 11.9 Å². The molecule has 4 atom stereocenters. The summed E-state index contributed by atoms with van der Waals surface area (Å²) >= 11 is 0. The monoisotopic (exact) mass is 571 g/mol. The van der Waals surface area contributed by atoms with Crippen molar-refractivity contribution in [2.24, 2.45) is 50.3 Å². The second-order valence-corrected chi connectivity index (χ2v) is 9.94. The molecule has 0 saturated heterocycles. The molecule has 0 rings (SSSR count). The minimum absolute atomic E-state index is 0.00915. The second kappa shape index (κ2) is 20.3. The van der Waals surface area contributed by atoms with Gasteiger partial charge in [-0.2, -0.15) is 0 Å². The molecular weight excluding hydrogens is 522 g/mol. The predicted octanol–water partition coefficient (Wildman–Crippen LogP) is -2.87. The van der Waals surface area contributed by atoms with E-state index in [1.165, 1.54) is 0 Å². The maximum absolute atomic E-state index is 13.2. The van der Waals surface area contributed by atoms with Crippen LogP contribution in [0.2, 0.25) is 0 Å². The summed E-state index contributed by atoms with van der Waals surface area (Å²) in [5.74, 6) is -3.18. The van der Waals surface area contributed by atoms with E-state index in [9.17, 15) is 24.3 Å². The Kier molecular flexibility index (Phi) is 18.4. The van der Waals surface area contributed by atoms with Crippen molar-refractivity contribution >= 4 is 35.6 Å². The molecule has 4 unspecified atom stereocenters.